The molecule has 2 aromatic rings. The second kappa shape index (κ2) is 5.96. The van der Waals surface area contributed by atoms with Crippen molar-refractivity contribution in [3.05, 3.63) is 40.5 Å². The molecule has 0 unspecified atom stereocenters. The zero-order valence-electron chi connectivity index (χ0n) is 13.5. The Balaban J connectivity index is 1.84. The van der Waals surface area contributed by atoms with Crippen molar-refractivity contribution in [1.29, 1.82) is 0 Å². The predicted octanol–water partition coefficient (Wildman–Crippen LogP) is 4.13. The summed E-state index contributed by atoms with van der Waals surface area (Å²) >= 11 is 5.99. The number of fused-ring (bicyclic) bond motifs is 1. The summed E-state index contributed by atoms with van der Waals surface area (Å²) in [6.45, 7) is 6.68. The fraction of sp³-hybridized carbons (Fsp3) is 0.471. The third-order valence-electron chi connectivity index (χ3n) is 4.49. The van der Waals surface area contributed by atoms with Gasteiger partial charge in [0, 0.05) is 18.2 Å². The predicted molar refractivity (Wildman–Crippen MR) is 88.7 cm³/mol. The third-order valence-corrected chi connectivity index (χ3v) is 4.79. The van der Waals surface area contributed by atoms with Crippen LogP contribution >= 0.6 is 11.6 Å². The molecule has 23 heavy (non-hydrogen) atoms. The van der Waals surface area contributed by atoms with Crippen molar-refractivity contribution in [1.82, 2.24) is 10.1 Å². The van der Waals surface area contributed by atoms with Gasteiger partial charge in [0.2, 0.25) is 0 Å². The molecule has 2 heterocycles. The van der Waals surface area contributed by atoms with Gasteiger partial charge >= 0.3 is 0 Å². The van der Waals surface area contributed by atoms with Gasteiger partial charge in [-0.3, -0.25) is 4.79 Å². The highest BCUT2D eigenvalue weighted by Gasteiger charge is 2.34. The summed E-state index contributed by atoms with van der Waals surface area (Å²) in [7, 11) is 0. The minimum Gasteiger partial charge on any atom is -0.360 e. The Morgan fingerprint density at radius 2 is 2.22 bits per heavy atom. The second-order valence-electron chi connectivity index (χ2n) is 7.03. The highest BCUT2D eigenvalue weighted by Crippen LogP contribution is 2.38. The average molecular weight is 334 g/mol. The minimum absolute atomic E-state index is 0.190. The number of carbonyl (C=O) groups is 1. The number of halogens is 1. The van der Waals surface area contributed by atoms with Crippen molar-refractivity contribution in [3.8, 4) is 0 Å². The lowest BCUT2D eigenvalue weighted by atomic mass is 9.71. The van der Waals surface area contributed by atoms with E-state index in [-0.39, 0.29) is 16.5 Å². The summed E-state index contributed by atoms with van der Waals surface area (Å²) in [5.74, 6) is 1.02. The van der Waals surface area contributed by atoms with E-state index in [4.69, 9.17) is 16.1 Å². The first-order valence-corrected chi connectivity index (χ1v) is 8.13. The Labute approximate surface area is 140 Å². The molecule has 0 aliphatic heterocycles. The van der Waals surface area contributed by atoms with Crippen LogP contribution in [0.15, 0.2) is 22.9 Å². The summed E-state index contributed by atoms with van der Waals surface area (Å²) in [6, 6.07) is 3.42. The number of anilines is 1. The number of carbonyl (C=O) groups excluding carboxylic acids is 1. The van der Waals surface area contributed by atoms with E-state index in [2.05, 4.69) is 36.2 Å². The fourth-order valence-corrected chi connectivity index (χ4v) is 3.15. The van der Waals surface area contributed by atoms with Crippen LogP contribution in [0.2, 0.25) is 5.15 Å². The lowest BCUT2D eigenvalue weighted by molar-refractivity contribution is 0.101. The van der Waals surface area contributed by atoms with Gasteiger partial charge in [-0.15, -0.1) is 0 Å². The monoisotopic (exact) mass is 333 g/mol. The Hall–Kier alpha value is -1.88. The molecule has 0 aromatic carbocycles. The maximum Gasteiger partial charge on any atom is 0.278 e. The number of hydrogen-bond acceptors (Lipinski definition) is 4. The van der Waals surface area contributed by atoms with Crippen molar-refractivity contribution in [2.75, 3.05) is 5.32 Å². The standard InChI is InChI=1S/C17H20ClN3O2/c1-17(2,3)10-6-7-13-11(9-10)14(21-23-13)16(22)20-12-5-4-8-19-15(12)18/h4-5,8,10H,6-7,9H2,1-3H3,(H,20,22)/t10-/m1/s1. The number of nitrogens with one attached hydrogen (secondary N) is 1. The Kier molecular flexibility index (Phi) is 4.15. The first-order chi connectivity index (χ1) is 10.9. The number of aryl methyl sites for hydroxylation is 1. The molecule has 2 aromatic heterocycles. The molecule has 1 aliphatic rings. The van der Waals surface area contributed by atoms with Gasteiger partial charge in [0.15, 0.2) is 10.8 Å². The molecule has 1 N–H and O–H groups in total. The van der Waals surface area contributed by atoms with E-state index in [1.807, 2.05) is 0 Å². The lowest BCUT2D eigenvalue weighted by Crippen LogP contribution is -2.27. The molecule has 0 spiro atoms. The summed E-state index contributed by atoms with van der Waals surface area (Å²) in [6.07, 6.45) is 4.27. The molecule has 0 radical (unpaired) electrons. The van der Waals surface area contributed by atoms with Gasteiger partial charge in [-0.05, 0) is 36.3 Å². The number of amides is 1. The van der Waals surface area contributed by atoms with E-state index in [1.54, 1.807) is 18.3 Å². The van der Waals surface area contributed by atoms with Crippen LogP contribution in [0.1, 0.15) is 49.0 Å². The molecule has 3 rings (SSSR count). The minimum atomic E-state index is -0.306. The molecule has 6 heteroatoms. The van der Waals surface area contributed by atoms with Crippen molar-refractivity contribution in [3.63, 3.8) is 0 Å². The van der Waals surface area contributed by atoms with Crippen LogP contribution in [-0.4, -0.2) is 16.0 Å². The van der Waals surface area contributed by atoms with Gasteiger partial charge in [0.1, 0.15) is 5.76 Å². The number of rotatable bonds is 2. The van der Waals surface area contributed by atoms with Gasteiger partial charge in [0.05, 0.1) is 5.69 Å². The zero-order valence-corrected chi connectivity index (χ0v) is 14.3. The van der Waals surface area contributed by atoms with Gasteiger partial charge in [0.25, 0.3) is 5.91 Å². The summed E-state index contributed by atoms with van der Waals surface area (Å²) in [5.41, 5.74) is 1.94. The van der Waals surface area contributed by atoms with Gasteiger partial charge < -0.3 is 9.84 Å². The molecule has 0 bridgehead atoms. The van der Waals surface area contributed by atoms with Crippen LogP contribution < -0.4 is 5.32 Å². The van der Waals surface area contributed by atoms with E-state index in [0.717, 1.165) is 30.6 Å². The molecule has 1 amide bonds. The summed E-state index contributed by atoms with van der Waals surface area (Å²) in [5, 5.41) is 7.01. The van der Waals surface area contributed by atoms with E-state index in [0.29, 0.717) is 17.3 Å². The van der Waals surface area contributed by atoms with Crippen molar-refractivity contribution < 1.29 is 9.32 Å². The number of nitrogens with zero attached hydrogens (tertiary/aromatic N) is 2. The average Bonchev–Trinajstić information content (AvgIpc) is 2.91. The fourth-order valence-electron chi connectivity index (χ4n) is 2.98. The lowest BCUT2D eigenvalue weighted by Gasteiger charge is -2.33. The van der Waals surface area contributed by atoms with Gasteiger partial charge in [-0.2, -0.15) is 0 Å². The normalized spacial score (nSPS) is 17.7. The molecule has 0 saturated carbocycles. The topological polar surface area (TPSA) is 68.0 Å². The maximum absolute atomic E-state index is 12.5. The Morgan fingerprint density at radius 3 is 2.91 bits per heavy atom. The third kappa shape index (κ3) is 3.24. The van der Waals surface area contributed by atoms with Crippen LogP contribution in [-0.2, 0) is 12.8 Å². The van der Waals surface area contributed by atoms with Gasteiger partial charge in [-0.25, -0.2) is 4.98 Å². The van der Waals surface area contributed by atoms with E-state index in [9.17, 15) is 4.79 Å². The Morgan fingerprint density at radius 1 is 1.43 bits per heavy atom. The maximum atomic E-state index is 12.5. The van der Waals surface area contributed by atoms with Crippen molar-refractivity contribution in [2.45, 2.75) is 40.0 Å². The largest absolute Gasteiger partial charge is 0.360 e. The molecule has 0 saturated heterocycles. The van der Waals surface area contributed by atoms with Crippen molar-refractivity contribution in [2.24, 2.45) is 11.3 Å². The molecule has 0 fully saturated rings. The SMILES string of the molecule is CC(C)(C)[C@@H]1CCc2onc(C(=O)Nc3cccnc3Cl)c2C1. The molecular formula is C17H20ClN3O2. The molecule has 5 nitrogen and oxygen atoms in total. The number of aromatic nitrogens is 2. The smallest absolute Gasteiger partial charge is 0.278 e. The quantitative estimate of drug-likeness (QED) is 0.839. The van der Waals surface area contributed by atoms with E-state index >= 15 is 0 Å². The highest BCUT2D eigenvalue weighted by molar-refractivity contribution is 6.32. The molecule has 122 valence electrons. The van der Waals surface area contributed by atoms with Crippen LogP contribution in [0.5, 0.6) is 0 Å². The van der Waals surface area contributed by atoms with Crippen molar-refractivity contribution >= 4 is 23.2 Å². The zero-order chi connectivity index (χ0) is 16.6. The molecule has 1 atom stereocenters. The number of hydrogen-bond donors (Lipinski definition) is 1. The molecular weight excluding hydrogens is 314 g/mol. The van der Waals surface area contributed by atoms with Crippen LogP contribution in [0.4, 0.5) is 5.69 Å². The van der Waals surface area contributed by atoms with Crippen LogP contribution in [0.3, 0.4) is 0 Å². The van der Waals surface area contributed by atoms with Crippen LogP contribution in [0.25, 0.3) is 0 Å². The second-order valence-corrected chi connectivity index (χ2v) is 7.39. The van der Waals surface area contributed by atoms with E-state index in [1.165, 1.54) is 0 Å². The van der Waals surface area contributed by atoms with E-state index < -0.39 is 0 Å². The first-order valence-electron chi connectivity index (χ1n) is 7.75. The molecule has 1 aliphatic carbocycles. The summed E-state index contributed by atoms with van der Waals surface area (Å²) < 4.78 is 5.38. The summed E-state index contributed by atoms with van der Waals surface area (Å²) in [4.78, 5) is 16.5. The number of pyridine rings is 1. The van der Waals surface area contributed by atoms with Gasteiger partial charge in [-0.1, -0.05) is 37.5 Å². The first kappa shape index (κ1) is 16.0. The Bertz CT molecular complexity index is 734. The highest BCUT2D eigenvalue weighted by atomic mass is 35.5. The van der Waals surface area contributed by atoms with Crippen LogP contribution in [0, 0.1) is 11.3 Å².